The highest BCUT2D eigenvalue weighted by Crippen LogP contribution is 2.48. The molecule has 3 N–H and O–H groups in total. The molecule has 0 spiro atoms. The molecule has 1 aromatic rings. The summed E-state index contributed by atoms with van der Waals surface area (Å²) in [6.45, 7) is 7.49. The number of ether oxygens (including phenoxy) is 2. The van der Waals surface area contributed by atoms with Crippen molar-refractivity contribution in [2.24, 2.45) is 5.41 Å². The second-order valence-electron chi connectivity index (χ2n) is 10.5. The number of carbonyl (C=O) groups excluding carboxylic acids is 2. The first kappa shape index (κ1) is 35.0. The fraction of sp³-hybridized carbons (Fsp3) is 0.739. The zero-order valence-electron chi connectivity index (χ0n) is 23.3. The van der Waals surface area contributed by atoms with Crippen molar-refractivity contribution in [3.05, 3.63) is 32.6 Å². The van der Waals surface area contributed by atoms with Crippen LogP contribution in [0.3, 0.4) is 0 Å². The summed E-state index contributed by atoms with van der Waals surface area (Å²) < 4.78 is 38.4. The van der Waals surface area contributed by atoms with E-state index in [-0.39, 0.29) is 23.0 Å². The van der Waals surface area contributed by atoms with Gasteiger partial charge in [-0.3, -0.25) is 23.9 Å². The molecule has 6 atom stereocenters. The number of rotatable bonds is 12. The van der Waals surface area contributed by atoms with Gasteiger partial charge in [-0.15, -0.1) is 0 Å². The van der Waals surface area contributed by atoms with Crippen molar-refractivity contribution in [3.8, 4) is 0 Å². The Balaban J connectivity index is 2.19. The Hall–Kier alpha value is -1.16. The highest BCUT2D eigenvalue weighted by molar-refractivity contribution is 8.13. The number of hydrogen-bond donors (Lipinski definition) is 3. The topological polar surface area (TPSA) is 158 Å². The first-order chi connectivity index (χ1) is 18.3. The number of hydrogen-bond acceptors (Lipinski definition) is 11. The minimum atomic E-state index is -3.52. The molecule has 0 aromatic carbocycles. The van der Waals surface area contributed by atoms with E-state index in [0.29, 0.717) is 0 Å². The number of esters is 1. The standard InChI is InChI=1S/C23H36ClFN3O9PS2/c1-12(2)36-18(31)14(4)27-38(39,34-8-9-40-20(32)22(5,6)7)35-11-15-16(29)23(24,25)19(37-15)28-10-13(3)17(30)26-21(28)33/h10,12,14-16,19,29H,8-9,11H2,1-7H3,(H,27,39)(H,26,30,33)/t14-,15+,16+,19+,23-,38?/m0/s1. The molecule has 0 bridgehead atoms. The van der Waals surface area contributed by atoms with Gasteiger partial charge >= 0.3 is 11.7 Å². The fourth-order valence-electron chi connectivity index (χ4n) is 3.28. The van der Waals surface area contributed by atoms with Gasteiger partial charge in [0.05, 0.1) is 19.3 Å². The van der Waals surface area contributed by atoms with E-state index in [1.54, 1.807) is 34.6 Å². The average Bonchev–Trinajstić information content (AvgIpc) is 3.05. The zero-order valence-corrected chi connectivity index (χ0v) is 26.5. The van der Waals surface area contributed by atoms with Gasteiger partial charge in [0, 0.05) is 22.9 Å². The van der Waals surface area contributed by atoms with E-state index in [0.717, 1.165) is 22.5 Å². The summed E-state index contributed by atoms with van der Waals surface area (Å²) in [4.78, 5) is 50.6. The second-order valence-corrected chi connectivity index (χ2v) is 15.3. The summed E-state index contributed by atoms with van der Waals surface area (Å²) in [5.41, 5.74) is -2.14. The van der Waals surface area contributed by atoms with Crippen molar-refractivity contribution >= 4 is 52.9 Å². The molecular formula is C23H36ClFN3O9PS2. The Labute approximate surface area is 245 Å². The summed E-state index contributed by atoms with van der Waals surface area (Å²) >= 11 is 12.6. The smallest absolute Gasteiger partial charge is 0.330 e. The highest BCUT2D eigenvalue weighted by atomic mass is 35.5. The lowest BCUT2D eigenvalue weighted by molar-refractivity contribution is -0.149. The van der Waals surface area contributed by atoms with Gasteiger partial charge in [-0.05, 0) is 39.5 Å². The molecule has 1 aliphatic rings. The van der Waals surface area contributed by atoms with Crippen LogP contribution < -0.4 is 16.3 Å². The average molecular weight is 648 g/mol. The Morgan fingerprint density at radius 3 is 2.55 bits per heavy atom. The maximum Gasteiger partial charge on any atom is 0.330 e. The highest BCUT2D eigenvalue weighted by Gasteiger charge is 2.58. The number of H-pyrrole nitrogens is 1. The van der Waals surface area contributed by atoms with Crippen LogP contribution >= 0.6 is 30.0 Å². The van der Waals surface area contributed by atoms with Gasteiger partial charge in [0.2, 0.25) is 0 Å². The van der Waals surface area contributed by atoms with E-state index in [1.807, 2.05) is 4.98 Å². The van der Waals surface area contributed by atoms with Crippen LogP contribution in [0.4, 0.5) is 4.39 Å². The predicted molar refractivity (Wildman–Crippen MR) is 153 cm³/mol. The third-order valence-electron chi connectivity index (χ3n) is 5.43. The van der Waals surface area contributed by atoms with Crippen molar-refractivity contribution in [2.75, 3.05) is 19.0 Å². The fourth-order valence-corrected chi connectivity index (χ4v) is 6.85. The molecule has 40 heavy (non-hydrogen) atoms. The second kappa shape index (κ2) is 13.9. The van der Waals surface area contributed by atoms with Crippen molar-refractivity contribution < 1.29 is 37.6 Å². The lowest BCUT2D eigenvalue weighted by Gasteiger charge is -2.28. The van der Waals surface area contributed by atoms with Crippen molar-refractivity contribution in [3.63, 3.8) is 0 Å². The van der Waals surface area contributed by atoms with Gasteiger partial charge in [0.15, 0.2) is 11.3 Å². The van der Waals surface area contributed by atoms with Gasteiger partial charge in [0.25, 0.3) is 17.3 Å². The molecular weight excluding hydrogens is 612 g/mol. The number of aliphatic hydroxyl groups is 1. The number of nitrogens with one attached hydrogen (secondary N) is 2. The molecule has 0 saturated carbocycles. The van der Waals surface area contributed by atoms with Gasteiger partial charge in [-0.1, -0.05) is 44.1 Å². The summed E-state index contributed by atoms with van der Waals surface area (Å²) in [5.74, 6) is -0.388. The van der Waals surface area contributed by atoms with Crippen LogP contribution in [0, 0.1) is 12.3 Å². The Kier molecular flexibility index (Phi) is 12.2. The van der Waals surface area contributed by atoms with Gasteiger partial charge in [0.1, 0.15) is 18.2 Å². The van der Waals surface area contributed by atoms with E-state index in [9.17, 15) is 24.3 Å². The molecule has 0 radical (unpaired) electrons. The number of alkyl halides is 2. The predicted octanol–water partition coefficient (Wildman–Crippen LogP) is 2.50. The van der Waals surface area contributed by atoms with Crippen molar-refractivity contribution in [2.45, 2.75) is 84.2 Å². The SMILES string of the molecule is Cc1cn([C@@H]2O[C@H](COP(=S)(N[C@@H](C)C(=O)OC(C)C)OCCSC(=O)C(C)(C)C)[C@@H](O)[C@@]2(F)Cl)c(=O)[nH]c1=O. The number of aromatic amines is 1. The number of carbonyl (C=O) groups is 2. The minimum absolute atomic E-state index is 0.0337. The van der Waals surface area contributed by atoms with Gasteiger partial charge in [-0.2, -0.15) is 0 Å². The molecule has 0 amide bonds. The molecule has 1 aliphatic heterocycles. The monoisotopic (exact) mass is 647 g/mol. The summed E-state index contributed by atoms with van der Waals surface area (Å²) in [6.07, 6.45) is -4.55. The first-order valence-corrected chi connectivity index (χ1v) is 16.4. The van der Waals surface area contributed by atoms with E-state index < -0.39 is 71.6 Å². The Morgan fingerprint density at radius 1 is 1.35 bits per heavy atom. The van der Waals surface area contributed by atoms with E-state index >= 15 is 4.39 Å². The van der Waals surface area contributed by atoms with Crippen LogP contribution in [0.15, 0.2) is 15.8 Å². The number of thioether (sulfide) groups is 1. The summed E-state index contributed by atoms with van der Waals surface area (Å²) in [7, 11) is 0. The van der Waals surface area contributed by atoms with E-state index in [4.69, 9.17) is 41.9 Å². The largest absolute Gasteiger partial charge is 0.462 e. The summed E-state index contributed by atoms with van der Waals surface area (Å²) in [5, 5.41) is 10.3. The first-order valence-electron chi connectivity index (χ1n) is 12.4. The molecule has 1 fully saturated rings. The molecule has 2 heterocycles. The Morgan fingerprint density at radius 2 is 1.98 bits per heavy atom. The molecule has 1 saturated heterocycles. The van der Waals surface area contributed by atoms with Crippen LogP contribution in [0.25, 0.3) is 0 Å². The number of aliphatic hydroxyl groups excluding tert-OH is 1. The molecule has 17 heteroatoms. The number of halogens is 2. The van der Waals surface area contributed by atoms with Crippen LogP contribution in [0.1, 0.15) is 53.3 Å². The molecule has 1 aromatic heterocycles. The molecule has 12 nitrogen and oxygen atoms in total. The van der Waals surface area contributed by atoms with Gasteiger partial charge < -0.3 is 23.6 Å². The lowest BCUT2D eigenvalue weighted by Crippen LogP contribution is -2.42. The summed E-state index contributed by atoms with van der Waals surface area (Å²) in [6, 6.07) is -0.963. The maximum absolute atomic E-state index is 15.4. The van der Waals surface area contributed by atoms with Crippen LogP contribution in [-0.4, -0.2) is 74.2 Å². The molecule has 228 valence electrons. The van der Waals surface area contributed by atoms with Crippen LogP contribution in [-0.2, 0) is 39.9 Å². The lowest BCUT2D eigenvalue weighted by atomic mass is 10.00. The van der Waals surface area contributed by atoms with Crippen molar-refractivity contribution in [1.29, 1.82) is 0 Å². The van der Waals surface area contributed by atoms with E-state index in [1.165, 1.54) is 13.8 Å². The molecule has 0 aliphatic carbocycles. The van der Waals surface area contributed by atoms with Crippen molar-refractivity contribution in [1.82, 2.24) is 14.6 Å². The van der Waals surface area contributed by atoms with E-state index in [2.05, 4.69) is 5.09 Å². The third-order valence-corrected chi connectivity index (χ3v) is 9.75. The number of nitrogens with zero attached hydrogens (tertiary/aromatic N) is 1. The number of aromatic nitrogens is 2. The van der Waals surface area contributed by atoms with Gasteiger partial charge in [-0.25, -0.2) is 14.3 Å². The third kappa shape index (κ3) is 9.17. The Bertz CT molecular complexity index is 1240. The minimum Gasteiger partial charge on any atom is -0.462 e. The molecule has 1 unspecified atom stereocenters. The maximum atomic E-state index is 15.4. The van der Waals surface area contributed by atoms with Crippen LogP contribution in [0.5, 0.6) is 0 Å². The molecule has 2 rings (SSSR count). The zero-order chi connectivity index (χ0) is 30.6. The normalized spacial score (nSPS) is 25.5. The van der Waals surface area contributed by atoms with Crippen LogP contribution in [0.2, 0.25) is 0 Å². The number of aryl methyl sites for hydroxylation is 1. The quantitative estimate of drug-likeness (QED) is 0.132.